The Bertz CT molecular complexity index is 514. The molecule has 1 N–H and O–H groups in total. The van der Waals surface area contributed by atoms with Crippen molar-refractivity contribution in [2.75, 3.05) is 0 Å². The molecule has 0 bridgehead atoms. The van der Waals surface area contributed by atoms with Crippen LogP contribution in [0.15, 0.2) is 18.2 Å². The standard InChI is InChI=1S/C9H8N2O7/c1-5(9(12)13)18-8-3-2-6(10(14)15)4-7(8)11(16)17/h2-5H,1H3,(H,12,13)/t5-/m1/s1. The number of nitro benzene ring substituents is 2. The van der Waals surface area contributed by atoms with Crippen molar-refractivity contribution < 1.29 is 24.5 Å². The SMILES string of the molecule is C[C@@H](Oc1ccc([N+](=O)[O-])cc1[N+](=O)[O-])C(=O)O. The van der Waals surface area contributed by atoms with E-state index in [0.29, 0.717) is 6.07 Å². The van der Waals surface area contributed by atoms with E-state index in [4.69, 9.17) is 9.84 Å². The molecule has 0 spiro atoms. The first kappa shape index (κ1) is 13.4. The van der Waals surface area contributed by atoms with Gasteiger partial charge >= 0.3 is 11.7 Å². The second kappa shape index (κ2) is 5.08. The minimum Gasteiger partial charge on any atom is -0.479 e. The number of hydrogen-bond donors (Lipinski definition) is 1. The summed E-state index contributed by atoms with van der Waals surface area (Å²) in [5, 5.41) is 29.8. The summed E-state index contributed by atoms with van der Waals surface area (Å²) >= 11 is 0. The molecule has 0 heterocycles. The van der Waals surface area contributed by atoms with E-state index in [2.05, 4.69) is 0 Å². The third kappa shape index (κ3) is 2.90. The monoisotopic (exact) mass is 256 g/mol. The topological polar surface area (TPSA) is 133 Å². The molecule has 1 aromatic rings. The third-order valence-electron chi connectivity index (χ3n) is 2.00. The number of carboxylic acids is 1. The van der Waals surface area contributed by atoms with Crippen molar-refractivity contribution in [3.8, 4) is 5.75 Å². The lowest BCUT2D eigenvalue weighted by Gasteiger charge is -2.09. The van der Waals surface area contributed by atoms with Crippen molar-refractivity contribution in [1.29, 1.82) is 0 Å². The molecule has 0 saturated carbocycles. The minimum absolute atomic E-state index is 0.333. The zero-order chi connectivity index (χ0) is 13.9. The number of carboxylic acid groups (broad SMARTS) is 1. The van der Waals surface area contributed by atoms with Gasteiger partial charge in [0, 0.05) is 6.07 Å². The van der Waals surface area contributed by atoms with Crippen LogP contribution in [-0.2, 0) is 4.79 Å². The van der Waals surface area contributed by atoms with Crippen LogP contribution in [0.25, 0.3) is 0 Å². The van der Waals surface area contributed by atoms with E-state index in [1.165, 1.54) is 6.92 Å². The first-order valence-corrected chi connectivity index (χ1v) is 4.65. The van der Waals surface area contributed by atoms with Crippen molar-refractivity contribution in [2.24, 2.45) is 0 Å². The third-order valence-corrected chi connectivity index (χ3v) is 2.00. The molecule has 0 aliphatic carbocycles. The zero-order valence-corrected chi connectivity index (χ0v) is 9.10. The summed E-state index contributed by atoms with van der Waals surface area (Å²) in [5.74, 6) is -1.64. The van der Waals surface area contributed by atoms with Crippen LogP contribution >= 0.6 is 0 Å². The number of nitro groups is 2. The summed E-state index contributed by atoms with van der Waals surface area (Å²) in [6.45, 7) is 1.19. The van der Waals surface area contributed by atoms with Crippen LogP contribution in [0.1, 0.15) is 6.92 Å². The van der Waals surface area contributed by atoms with E-state index < -0.39 is 33.3 Å². The van der Waals surface area contributed by atoms with Gasteiger partial charge in [-0.25, -0.2) is 4.79 Å². The molecule has 9 heteroatoms. The Labute approximate surface area is 99.9 Å². The first-order chi connectivity index (χ1) is 8.32. The Kier molecular flexibility index (Phi) is 3.77. The van der Waals surface area contributed by atoms with Crippen LogP contribution in [0.2, 0.25) is 0 Å². The van der Waals surface area contributed by atoms with Gasteiger partial charge in [0.1, 0.15) is 0 Å². The molecule has 18 heavy (non-hydrogen) atoms. The van der Waals surface area contributed by atoms with E-state index in [1.54, 1.807) is 0 Å². The van der Waals surface area contributed by atoms with Crippen molar-refractivity contribution in [3.05, 3.63) is 38.4 Å². The number of hydrogen-bond acceptors (Lipinski definition) is 6. The Hall–Kier alpha value is -2.71. The van der Waals surface area contributed by atoms with Gasteiger partial charge in [-0.05, 0) is 13.0 Å². The molecule has 0 aromatic heterocycles. The van der Waals surface area contributed by atoms with Gasteiger partial charge in [0.2, 0.25) is 0 Å². The quantitative estimate of drug-likeness (QED) is 0.620. The van der Waals surface area contributed by atoms with E-state index in [0.717, 1.165) is 12.1 Å². The average molecular weight is 256 g/mol. The molecule has 0 amide bonds. The highest BCUT2D eigenvalue weighted by Crippen LogP contribution is 2.31. The molecular weight excluding hydrogens is 248 g/mol. The number of nitrogens with zero attached hydrogens (tertiary/aromatic N) is 2. The van der Waals surface area contributed by atoms with Gasteiger partial charge in [0.25, 0.3) is 5.69 Å². The van der Waals surface area contributed by atoms with Crippen LogP contribution < -0.4 is 4.74 Å². The first-order valence-electron chi connectivity index (χ1n) is 4.65. The summed E-state index contributed by atoms with van der Waals surface area (Å²) in [7, 11) is 0. The lowest BCUT2D eigenvalue weighted by molar-refractivity contribution is -0.394. The molecule has 1 atom stereocenters. The minimum atomic E-state index is -1.30. The van der Waals surface area contributed by atoms with E-state index in [9.17, 15) is 25.0 Å². The van der Waals surface area contributed by atoms with Crippen molar-refractivity contribution in [3.63, 3.8) is 0 Å². The van der Waals surface area contributed by atoms with Gasteiger partial charge in [-0.2, -0.15) is 0 Å². The molecule has 1 aromatic carbocycles. The normalized spacial score (nSPS) is 11.6. The second-order valence-corrected chi connectivity index (χ2v) is 3.26. The predicted octanol–water partition coefficient (Wildman–Crippen LogP) is 1.35. The predicted molar refractivity (Wildman–Crippen MR) is 57.5 cm³/mol. The van der Waals surface area contributed by atoms with Gasteiger partial charge in [-0.1, -0.05) is 0 Å². The zero-order valence-electron chi connectivity index (χ0n) is 9.10. The summed E-state index contributed by atoms with van der Waals surface area (Å²) in [5.41, 5.74) is -1.13. The fourth-order valence-electron chi connectivity index (χ4n) is 1.10. The lowest BCUT2D eigenvalue weighted by atomic mass is 10.2. The Balaban J connectivity index is 3.16. The lowest BCUT2D eigenvalue weighted by Crippen LogP contribution is -2.23. The van der Waals surface area contributed by atoms with Crippen molar-refractivity contribution in [2.45, 2.75) is 13.0 Å². The number of carbonyl (C=O) groups is 1. The molecule has 0 radical (unpaired) electrons. The van der Waals surface area contributed by atoms with E-state index >= 15 is 0 Å². The maximum absolute atomic E-state index is 10.7. The Morgan fingerprint density at radius 3 is 2.39 bits per heavy atom. The van der Waals surface area contributed by atoms with E-state index in [-0.39, 0.29) is 5.75 Å². The maximum atomic E-state index is 10.7. The van der Waals surface area contributed by atoms with E-state index in [1.807, 2.05) is 0 Å². The molecule has 0 fully saturated rings. The number of rotatable bonds is 5. The number of ether oxygens (including phenoxy) is 1. The number of benzene rings is 1. The fourth-order valence-corrected chi connectivity index (χ4v) is 1.10. The molecule has 0 aliphatic rings. The Morgan fingerprint density at radius 1 is 1.33 bits per heavy atom. The smallest absolute Gasteiger partial charge is 0.344 e. The molecule has 0 aliphatic heterocycles. The molecule has 9 nitrogen and oxygen atoms in total. The van der Waals surface area contributed by atoms with Crippen LogP contribution in [0.5, 0.6) is 5.75 Å². The van der Waals surface area contributed by atoms with Crippen molar-refractivity contribution >= 4 is 17.3 Å². The highest BCUT2D eigenvalue weighted by molar-refractivity contribution is 5.72. The van der Waals surface area contributed by atoms with Crippen LogP contribution in [0, 0.1) is 20.2 Å². The fraction of sp³-hybridized carbons (Fsp3) is 0.222. The second-order valence-electron chi connectivity index (χ2n) is 3.26. The molecule has 1 rings (SSSR count). The maximum Gasteiger partial charge on any atom is 0.344 e. The van der Waals surface area contributed by atoms with Gasteiger partial charge < -0.3 is 9.84 Å². The molecule has 0 unspecified atom stereocenters. The highest BCUT2D eigenvalue weighted by atomic mass is 16.6. The summed E-state index contributed by atoms with van der Waals surface area (Å²) in [6, 6.07) is 2.70. The molecular formula is C9H8N2O7. The van der Waals surface area contributed by atoms with Gasteiger partial charge in [-0.15, -0.1) is 0 Å². The van der Waals surface area contributed by atoms with Crippen LogP contribution in [-0.4, -0.2) is 27.0 Å². The summed E-state index contributed by atoms with van der Waals surface area (Å²) < 4.78 is 4.84. The largest absolute Gasteiger partial charge is 0.479 e. The average Bonchev–Trinajstić information content (AvgIpc) is 2.28. The number of non-ortho nitro benzene ring substituents is 1. The van der Waals surface area contributed by atoms with Crippen LogP contribution in [0.3, 0.4) is 0 Å². The summed E-state index contributed by atoms with van der Waals surface area (Å²) in [6.07, 6.45) is -1.30. The molecule has 0 saturated heterocycles. The highest BCUT2D eigenvalue weighted by Gasteiger charge is 2.23. The van der Waals surface area contributed by atoms with Gasteiger partial charge in [0.05, 0.1) is 15.9 Å². The molecule has 96 valence electrons. The van der Waals surface area contributed by atoms with Gasteiger partial charge in [-0.3, -0.25) is 20.2 Å². The number of aliphatic carboxylic acids is 1. The van der Waals surface area contributed by atoms with Crippen LogP contribution in [0.4, 0.5) is 11.4 Å². The van der Waals surface area contributed by atoms with Crippen molar-refractivity contribution in [1.82, 2.24) is 0 Å². The Morgan fingerprint density at radius 2 is 1.94 bits per heavy atom. The summed E-state index contributed by atoms with van der Waals surface area (Å²) in [4.78, 5) is 30.1. The van der Waals surface area contributed by atoms with Gasteiger partial charge in [0.15, 0.2) is 11.9 Å².